The zero-order valence-corrected chi connectivity index (χ0v) is 14.2. The molecule has 0 aliphatic rings. The van der Waals surface area contributed by atoms with E-state index in [2.05, 4.69) is 37.4 Å². The molecule has 1 aromatic rings. The third kappa shape index (κ3) is 6.99. The van der Waals surface area contributed by atoms with Gasteiger partial charge in [-0.25, -0.2) is 0 Å². The quantitative estimate of drug-likeness (QED) is 0.514. The van der Waals surface area contributed by atoms with Crippen LogP contribution in [0.5, 0.6) is 5.75 Å². The van der Waals surface area contributed by atoms with Gasteiger partial charge in [0.2, 0.25) is 0 Å². The van der Waals surface area contributed by atoms with E-state index < -0.39 is 0 Å². The molecule has 1 rings (SSSR count). The Morgan fingerprint density at radius 3 is 2.38 bits per heavy atom. The molecular weight excluding hydrogens is 258 g/mol. The molecule has 0 radical (unpaired) electrons. The molecule has 0 heterocycles. The van der Waals surface area contributed by atoms with Gasteiger partial charge in [0.25, 0.3) is 0 Å². The molecule has 0 aliphatic heterocycles. The van der Waals surface area contributed by atoms with Crippen LogP contribution in [0.2, 0.25) is 0 Å². The molecule has 0 amide bonds. The summed E-state index contributed by atoms with van der Waals surface area (Å²) in [5, 5.41) is 3.68. The van der Waals surface area contributed by atoms with E-state index >= 15 is 0 Å². The summed E-state index contributed by atoms with van der Waals surface area (Å²) in [4.78, 5) is 0. The maximum Gasteiger partial charge on any atom is 0.123 e. The van der Waals surface area contributed by atoms with Gasteiger partial charge < -0.3 is 10.1 Å². The summed E-state index contributed by atoms with van der Waals surface area (Å²) in [6, 6.07) is 8.84. The fourth-order valence-corrected chi connectivity index (χ4v) is 2.77. The van der Waals surface area contributed by atoms with E-state index in [-0.39, 0.29) is 0 Å². The second-order valence-electron chi connectivity index (χ2n) is 5.81. The lowest BCUT2D eigenvalue weighted by molar-refractivity contribution is 0.391. The molecule has 0 aliphatic carbocycles. The predicted octanol–water partition coefficient (Wildman–Crippen LogP) is 5.49. The smallest absolute Gasteiger partial charge is 0.123 e. The number of hydrogen-bond acceptors (Lipinski definition) is 2. The Morgan fingerprint density at radius 1 is 0.952 bits per heavy atom. The summed E-state index contributed by atoms with van der Waals surface area (Å²) in [6.45, 7) is 5.56. The van der Waals surface area contributed by atoms with Crippen LogP contribution in [0.25, 0.3) is 0 Å². The van der Waals surface area contributed by atoms with Gasteiger partial charge in [0, 0.05) is 11.6 Å². The number of methoxy groups -OCH3 is 1. The highest BCUT2D eigenvalue weighted by Gasteiger charge is 2.14. The van der Waals surface area contributed by atoms with Crippen molar-refractivity contribution >= 4 is 0 Å². The molecule has 0 saturated carbocycles. The van der Waals surface area contributed by atoms with Gasteiger partial charge in [-0.1, -0.05) is 70.6 Å². The van der Waals surface area contributed by atoms with E-state index in [1.807, 2.05) is 6.07 Å². The SMILES string of the molecule is CCCCCCCCC(NCCC)c1ccccc1OC. The number of benzene rings is 1. The minimum atomic E-state index is 0.423. The van der Waals surface area contributed by atoms with Crippen LogP contribution in [0.4, 0.5) is 0 Å². The number of hydrogen-bond donors (Lipinski definition) is 1. The number of rotatable bonds is 12. The molecule has 1 unspecified atom stereocenters. The molecule has 1 atom stereocenters. The van der Waals surface area contributed by atoms with Crippen LogP contribution >= 0.6 is 0 Å². The summed E-state index contributed by atoms with van der Waals surface area (Å²) < 4.78 is 5.53. The van der Waals surface area contributed by atoms with Gasteiger partial charge in [0.15, 0.2) is 0 Å². The Kier molecular flexibility index (Phi) is 9.98. The zero-order valence-electron chi connectivity index (χ0n) is 14.2. The van der Waals surface area contributed by atoms with Gasteiger partial charge in [0.05, 0.1) is 7.11 Å². The third-order valence-electron chi connectivity index (χ3n) is 4.00. The Morgan fingerprint density at radius 2 is 1.67 bits per heavy atom. The van der Waals surface area contributed by atoms with Crippen LogP contribution in [0, 0.1) is 0 Å². The topological polar surface area (TPSA) is 21.3 Å². The number of unbranched alkanes of at least 4 members (excludes halogenated alkanes) is 5. The van der Waals surface area contributed by atoms with E-state index in [0.717, 1.165) is 12.3 Å². The normalized spacial score (nSPS) is 12.3. The molecule has 0 bridgehead atoms. The minimum absolute atomic E-state index is 0.423. The molecule has 0 saturated heterocycles. The van der Waals surface area contributed by atoms with Crippen LogP contribution < -0.4 is 10.1 Å². The van der Waals surface area contributed by atoms with Crippen LogP contribution in [-0.2, 0) is 0 Å². The van der Waals surface area contributed by atoms with E-state index in [0.29, 0.717) is 6.04 Å². The Labute approximate surface area is 131 Å². The standard InChI is InChI=1S/C19H33NO/c1-4-6-7-8-9-10-14-18(20-16-5-2)17-13-11-12-15-19(17)21-3/h11-13,15,18,20H,4-10,14,16H2,1-3H3. The van der Waals surface area contributed by atoms with Crippen molar-refractivity contribution in [3.63, 3.8) is 0 Å². The highest BCUT2D eigenvalue weighted by Crippen LogP contribution is 2.28. The molecule has 0 spiro atoms. The van der Waals surface area contributed by atoms with Crippen molar-refractivity contribution in [2.45, 2.75) is 71.3 Å². The Bertz CT molecular complexity index is 364. The first-order valence-electron chi connectivity index (χ1n) is 8.69. The molecule has 21 heavy (non-hydrogen) atoms. The van der Waals surface area contributed by atoms with Crippen LogP contribution in [0.1, 0.15) is 76.8 Å². The summed E-state index contributed by atoms with van der Waals surface area (Å²) >= 11 is 0. The van der Waals surface area contributed by atoms with E-state index in [1.54, 1.807) is 7.11 Å². The molecule has 1 aromatic carbocycles. The summed E-state index contributed by atoms with van der Waals surface area (Å²) in [5.74, 6) is 1.01. The lowest BCUT2D eigenvalue weighted by Gasteiger charge is -2.21. The van der Waals surface area contributed by atoms with Gasteiger partial charge in [-0.3, -0.25) is 0 Å². The van der Waals surface area contributed by atoms with E-state index in [1.165, 1.54) is 56.9 Å². The lowest BCUT2D eigenvalue weighted by atomic mass is 9.98. The molecule has 0 fully saturated rings. The monoisotopic (exact) mass is 291 g/mol. The first-order chi connectivity index (χ1) is 10.3. The molecule has 1 N–H and O–H groups in total. The van der Waals surface area contributed by atoms with E-state index in [9.17, 15) is 0 Å². The summed E-state index contributed by atoms with van der Waals surface area (Å²) in [5.41, 5.74) is 1.31. The number of ether oxygens (including phenoxy) is 1. The molecule has 0 aromatic heterocycles. The second-order valence-corrected chi connectivity index (χ2v) is 5.81. The molecule has 2 heteroatoms. The largest absolute Gasteiger partial charge is 0.496 e. The van der Waals surface area contributed by atoms with Crippen molar-refractivity contribution in [2.24, 2.45) is 0 Å². The van der Waals surface area contributed by atoms with Gasteiger partial charge in [-0.05, 0) is 25.5 Å². The Balaban J connectivity index is 2.51. The average molecular weight is 291 g/mol. The average Bonchev–Trinajstić information content (AvgIpc) is 2.53. The molecular formula is C19H33NO. The summed E-state index contributed by atoms with van der Waals surface area (Å²) in [6.07, 6.45) is 10.5. The minimum Gasteiger partial charge on any atom is -0.496 e. The van der Waals surface area contributed by atoms with Crippen molar-refractivity contribution in [1.29, 1.82) is 0 Å². The lowest BCUT2D eigenvalue weighted by Crippen LogP contribution is -2.22. The second kappa shape index (κ2) is 11.6. The van der Waals surface area contributed by atoms with Gasteiger partial charge in [-0.15, -0.1) is 0 Å². The van der Waals surface area contributed by atoms with Gasteiger partial charge in [-0.2, -0.15) is 0 Å². The highest BCUT2D eigenvalue weighted by atomic mass is 16.5. The van der Waals surface area contributed by atoms with Crippen molar-refractivity contribution in [1.82, 2.24) is 5.32 Å². The maximum absolute atomic E-state index is 5.53. The third-order valence-corrected chi connectivity index (χ3v) is 4.00. The Hall–Kier alpha value is -1.02. The van der Waals surface area contributed by atoms with E-state index in [4.69, 9.17) is 4.74 Å². The molecule has 2 nitrogen and oxygen atoms in total. The first kappa shape index (κ1) is 18.0. The zero-order chi connectivity index (χ0) is 15.3. The maximum atomic E-state index is 5.53. The fraction of sp³-hybridized carbons (Fsp3) is 0.684. The van der Waals surface area contributed by atoms with Crippen LogP contribution in [0.15, 0.2) is 24.3 Å². The van der Waals surface area contributed by atoms with Crippen molar-refractivity contribution in [3.8, 4) is 5.75 Å². The summed E-state index contributed by atoms with van der Waals surface area (Å²) in [7, 11) is 1.76. The van der Waals surface area contributed by atoms with Gasteiger partial charge >= 0.3 is 0 Å². The van der Waals surface area contributed by atoms with Crippen LogP contribution in [-0.4, -0.2) is 13.7 Å². The highest BCUT2D eigenvalue weighted by molar-refractivity contribution is 5.35. The fourth-order valence-electron chi connectivity index (χ4n) is 2.77. The van der Waals surface area contributed by atoms with Crippen molar-refractivity contribution in [3.05, 3.63) is 29.8 Å². The predicted molar refractivity (Wildman–Crippen MR) is 92.0 cm³/mol. The molecule has 120 valence electrons. The van der Waals surface area contributed by atoms with Crippen LogP contribution in [0.3, 0.4) is 0 Å². The van der Waals surface area contributed by atoms with Gasteiger partial charge in [0.1, 0.15) is 5.75 Å². The van der Waals surface area contributed by atoms with Crippen molar-refractivity contribution < 1.29 is 4.74 Å². The number of nitrogens with one attached hydrogen (secondary N) is 1. The first-order valence-corrected chi connectivity index (χ1v) is 8.69. The van der Waals surface area contributed by atoms with Crippen molar-refractivity contribution in [2.75, 3.05) is 13.7 Å². The number of para-hydroxylation sites is 1.